The molecule has 4 heteroatoms. The van der Waals surface area contributed by atoms with Crippen LogP contribution in [0.15, 0.2) is 72.3 Å². The lowest BCUT2D eigenvalue weighted by atomic mass is 9.87. The van der Waals surface area contributed by atoms with Crippen LogP contribution in [0.3, 0.4) is 0 Å². The number of hydrogen-bond acceptors (Lipinski definition) is 4. The molecule has 144 valence electrons. The number of aryl methyl sites for hydroxylation is 1. The van der Waals surface area contributed by atoms with Gasteiger partial charge < -0.3 is 14.2 Å². The summed E-state index contributed by atoms with van der Waals surface area (Å²) < 4.78 is 16.3. The van der Waals surface area contributed by atoms with E-state index in [1.807, 2.05) is 42.5 Å². The summed E-state index contributed by atoms with van der Waals surface area (Å²) in [5.74, 6) is 0.876. The minimum atomic E-state index is -0.317. The minimum Gasteiger partial charge on any atom is -0.466 e. The van der Waals surface area contributed by atoms with E-state index in [4.69, 9.17) is 14.2 Å². The van der Waals surface area contributed by atoms with Gasteiger partial charge in [0.05, 0.1) is 12.7 Å². The molecule has 1 heterocycles. The second-order valence-electron chi connectivity index (χ2n) is 7.23. The molecule has 4 nitrogen and oxygen atoms in total. The molecule has 0 spiro atoms. The third-order valence-corrected chi connectivity index (χ3v) is 5.65. The van der Waals surface area contributed by atoms with E-state index in [0.717, 1.165) is 39.1 Å². The summed E-state index contributed by atoms with van der Waals surface area (Å²) in [4.78, 5) is 13.1. The Labute approximate surface area is 169 Å². The van der Waals surface area contributed by atoms with Gasteiger partial charge in [0.25, 0.3) is 0 Å². The Kier molecular flexibility index (Phi) is 4.13. The highest BCUT2D eigenvalue weighted by Gasteiger charge is 2.38. The SMILES string of the molecule is COC(=O)C1=C(c2ccccc2C)c2ccccc2[C@@H]1c1ccc2c(c1)OCO2. The van der Waals surface area contributed by atoms with E-state index >= 15 is 0 Å². The van der Waals surface area contributed by atoms with E-state index < -0.39 is 0 Å². The molecule has 0 aromatic heterocycles. The molecule has 0 amide bonds. The molecule has 0 saturated heterocycles. The highest BCUT2D eigenvalue weighted by Crippen LogP contribution is 2.50. The van der Waals surface area contributed by atoms with E-state index in [0.29, 0.717) is 11.3 Å². The number of benzene rings is 3. The van der Waals surface area contributed by atoms with E-state index in [1.54, 1.807) is 0 Å². The first-order valence-corrected chi connectivity index (χ1v) is 9.56. The van der Waals surface area contributed by atoms with Gasteiger partial charge in [-0.05, 0) is 46.9 Å². The number of methoxy groups -OCH3 is 1. The molecule has 29 heavy (non-hydrogen) atoms. The lowest BCUT2D eigenvalue weighted by Gasteiger charge is -2.17. The molecule has 5 rings (SSSR count). The van der Waals surface area contributed by atoms with Crippen LogP contribution in [0.1, 0.15) is 33.7 Å². The van der Waals surface area contributed by atoms with Crippen LogP contribution in [0, 0.1) is 6.92 Å². The average molecular weight is 384 g/mol. The first kappa shape index (κ1) is 17.6. The molecule has 1 aliphatic heterocycles. The number of ether oxygens (including phenoxy) is 3. The number of carbonyl (C=O) groups excluding carboxylic acids is 1. The second-order valence-corrected chi connectivity index (χ2v) is 7.23. The summed E-state index contributed by atoms with van der Waals surface area (Å²) in [7, 11) is 1.44. The summed E-state index contributed by atoms with van der Waals surface area (Å²) in [6, 6.07) is 22.2. The predicted octanol–water partition coefficient (Wildman–Crippen LogP) is 4.84. The van der Waals surface area contributed by atoms with Crippen molar-refractivity contribution in [1.29, 1.82) is 0 Å². The Morgan fingerprint density at radius 1 is 0.931 bits per heavy atom. The zero-order valence-electron chi connectivity index (χ0n) is 16.3. The van der Waals surface area contributed by atoms with Crippen molar-refractivity contribution in [1.82, 2.24) is 0 Å². The fourth-order valence-corrected chi connectivity index (χ4v) is 4.33. The highest BCUT2D eigenvalue weighted by molar-refractivity contribution is 6.07. The first-order chi connectivity index (χ1) is 14.2. The summed E-state index contributed by atoms with van der Waals surface area (Å²) in [5, 5.41) is 0. The summed E-state index contributed by atoms with van der Waals surface area (Å²) >= 11 is 0. The van der Waals surface area contributed by atoms with Gasteiger partial charge in [0, 0.05) is 11.5 Å². The summed E-state index contributed by atoms with van der Waals surface area (Å²) in [6.07, 6.45) is 0. The number of rotatable bonds is 3. The molecular weight excluding hydrogens is 364 g/mol. The molecule has 0 N–H and O–H groups in total. The minimum absolute atomic E-state index is 0.216. The van der Waals surface area contributed by atoms with Crippen molar-refractivity contribution in [3.8, 4) is 11.5 Å². The third-order valence-electron chi connectivity index (χ3n) is 5.65. The lowest BCUT2D eigenvalue weighted by Crippen LogP contribution is -2.13. The van der Waals surface area contributed by atoms with Crippen molar-refractivity contribution >= 4 is 11.5 Å². The molecule has 0 fully saturated rings. The maximum absolute atomic E-state index is 13.1. The van der Waals surface area contributed by atoms with E-state index in [9.17, 15) is 4.79 Å². The Morgan fingerprint density at radius 3 is 2.45 bits per heavy atom. The smallest absolute Gasteiger partial charge is 0.335 e. The van der Waals surface area contributed by atoms with Crippen molar-refractivity contribution in [2.45, 2.75) is 12.8 Å². The van der Waals surface area contributed by atoms with Crippen LogP contribution in [0.2, 0.25) is 0 Å². The predicted molar refractivity (Wildman–Crippen MR) is 110 cm³/mol. The first-order valence-electron chi connectivity index (χ1n) is 9.56. The number of carbonyl (C=O) groups is 1. The fraction of sp³-hybridized carbons (Fsp3) is 0.160. The van der Waals surface area contributed by atoms with Crippen molar-refractivity contribution in [3.63, 3.8) is 0 Å². The van der Waals surface area contributed by atoms with Crippen LogP contribution in [-0.2, 0) is 9.53 Å². The Bertz CT molecular complexity index is 1160. The summed E-state index contributed by atoms with van der Waals surface area (Å²) in [5.41, 5.74) is 6.88. The summed E-state index contributed by atoms with van der Waals surface area (Å²) in [6.45, 7) is 2.28. The maximum Gasteiger partial charge on any atom is 0.335 e. The van der Waals surface area contributed by atoms with Gasteiger partial charge in [-0.15, -0.1) is 0 Å². The standard InChI is InChI=1S/C25H20O4/c1-15-7-3-4-8-17(15)23-19-10-6-5-9-18(19)22(24(23)25(26)27-2)16-11-12-20-21(13-16)29-14-28-20/h3-13,22H,14H2,1-2H3/t22-/m0/s1. The van der Waals surface area contributed by atoms with Crippen LogP contribution in [0.25, 0.3) is 5.57 Å². The molecule has 0 unspecified atom stereocenters. The number of fused-ring (bicyclic) bond motifs is 2. The van der Waals surface area contributed by atoms with Gasteiger partial charge in [0.1, 0.15) is 0 Å². The molecular formula is C25H20O4. The Morgan fingerprint density at radius 2 is 1.66 bits per heavy atom. The Hall–Kier alpha value is -3.53. The molecule has 3 aromatic carbocycles. The normalized spacial score (nSPS) is 16.7. The van der Waals surface area contributed by atoms with E-state index in [-0.39, 0.29) is 18.7 Å². The van der Waals surface area contributed by atoms with Crippen LogP contribution in [0.5, 0.6) is 11.5 Å². The van der Waals surface area contributed by atoms with Crippen LogP contribution >= 0.6 is 0 Å². The molecule has 0 saturated carbocycles. The molecule has 0 radical (unpaired) electrons. The molecule has 3 aromatic rings. The van der Waals surface area contributed by atoms with Gasteiger partial charge in [-0.25, -0.2) is 4.79 Å². The van der Waals surface area contributed by atoms with Crippen LogP contribution in [0.4, 0.5) is 0 Å². The number of esters is 1. The monoisotopic (exact) mass is 384 g/mol. The average Bonchev–Trinajstić information content (AvgIpc) is 3.35. The third kappa shape index (κ3) is 2.71. The van der Waals surface area contributed by atoms with E-state index in [1.165, 1.54) is 7.11 Å². The van der Waals surface area contributed by atoms with Crippen molar-refractivity contribution in [2.24, 2.45) is 0 Å². The second kappa shape index (κ2) is 6.82. The molecule has 1 atom stereocenters. The molecule has 0 bridgehead atoms. The molecule has 2 aliphatic rings. The van der Waals surface area contributed by atoms with Crippen molar-refractivity contribution in [3.05, 3.63) is 100 Å². The van der Waals surface area contributed by atoms with Gasteiger partial charge >= 0.3 is 5.97 Å². The van der Waals surface area contributed by atoms with Crippen molar-refractivity contribution in [2.75, 3.05) is 13.9 Å². The van der Waals surface area contributed by atoms with Gasteiger partial charge in [-0.3, -0.25) is 0 Å². The van der Waals surface area contributed by atoms with Gasteiger partial charge in [-0.1, -0.05) is 54.6 Å². The highest BCUT2D eigenvalue weighted by atomic mass is 16.7. The van der Waals surface area contributed by atoms with Crippen molar-refractivity contribution < 1.29 is 19.0 Å². The van der Waals surface area contributed by atoms with Gasteiger partial charge in [0.2, 0.25) is 6.79 Å². The topological polar surface area (TPSA) is 44.8 Å². The zero-order chi connectivity index (χ0) is 20.0. The van der Waals surface area contributed by atoms with E-state index in [2.05, 4.69) is 31.2 Å². The van der Waals surface area contributed by atoms with Gasteiger partial charge in [-0.2, -0.15) is 0 Å². The zero-order valence-corrected chi connectivity index (χ0v) is 16.3. The van der Waals surface area contributed by atoms with Gasteiger partial charge in [0.15, 0.2) is 11.5 Å². The maximum atomic E-state index is 13.1. The largest absolute Gasteiger partial charge is 0.466 e. The van der Waals surface area contributed by atoms with Crippen LogP contribution < -0.4 is 9.47 Å². The lowest BCUT2D eigenvalue weighted by molar-refractivity contribution is -0.136. The number of hydrogen-bond donors (Lipinski definition) is 0. The Balaban J connectivity index is 1.79. The van der Waals surface area contributed by atoms with Crippen LogP contribution in [-0.4, -0.2) is 19.9 Å². The molecule has 1 aliphatic carbocycles. The quantitative estimate of drug-likeness (QED) is 0.606. The fourth-order valence-electron chi connectivity index (χ4n) is 4.33.